The van der Waals surface area contributed by atoms with Crippen LogP contribution in [0.3, 0.4) is 0 Å². The summed E-state index contributed by atoms with van der Waals surface area (Å²) in [4.78, 5) is 27.1. The van der Waals surface area contributed by atoms with Gasteiger partial charge in [0.1, 0.15) is 6.04 Å². The second kappa shape index (κ2) is 10.7. The molecule has 0 aromatic heterocycles. The molecule has 8 heteroatoms. The highest BCUT2D eigenvalue weighted by Crippen LogP contribution is 2.37. The minimum atomic E-state index is -0.909. The number of hydrogen-bond acceptors (Lipinski definition) is 5. The monoisotopic (exact) mass is 507 g/mol. The average Bonchev–Trinajstić information content (AvgIpc) is 3.16. The van der Waals surface area contributed by atoms with Gasteiger partial charge in [0.25, 0.3) is 11.8 Å². The van der Waals surface area contributed by atoms with Gasteiger partial charge in [-0.25, -0.2) is 5.01 Å². The third-order valence-electron chi connectivity index (χ3n) is 6.14. The minimum absolute atomic E-state index is 0.293. The third kappa shape index (κ3) is 5.32. The van der Waals surface area contributed by atoms with E-state index in [-0.39, 0.29) is 11.8 Å². The molecule has 2 unspecified atom stereocenters. The van der Waals surface area contributed by atoms with Gasteiger partial charge in [-0.05, 0) is 48.2 Å². The van der Waals surface area contributed by atoms with Gasteiger partial charge < -0.3 is 10.1 Å². The maximum Gasteiger partial charge on any atom is 0.265 e. The van der Waals surface area contributed by atoms with Crippen molar-refractivity contribution < 1.29 is 14.3 Å². The zero-order chi connectivity index (χ0) is 24.2. The lowest BCUT2D eigenvalue weighted by Crippen LogP contribution is -2.40. The van der Waals surface area contributed by atoms with E-state index in [9.17, 15) is 9.59 Å². The van der Waals surface area contributed by atoms with Gasteiger partial charge in [-0.3, -0.25) is 15.0 Å². The topological polar surface area (TPSA) is 70.7 Å². The smallest absolute Gasteiger partial charge is 0.265 e. The summed E-state index contributed by atoms with van der Waals surface area (Å²) < 4.78 is 5.57. The largest absolute Gasteiger partial charge is 0.380 e. The second-order valence-corrected chi connectivity index (χ2v) is 10.2. The van der Waals surface area contributed by atoms with Crippen LogP contribution >= 0.6 is 23.4 Å². The maximum atomic E-state index is 13.5. The number of hydrazine groups is 1. The molecule has 2 saturated heterocycles. The zero-order valence-corrected chi connectivity index (χ0v) is 20.6. The number of nitrogens with zero attached hydrogens (tertiary/aromatic N) is 1. The molecule has 2 aliphatic heterocycles. The van der Waals surface area contributed by atoms with Crippen molar-refractivity contribution in [1.82, 2.24) is 10.4 Å². The van der Waals surface area contributed by atoms with Gasteiger partial charge in [0.05, 0.1) is 11.6 Å². The molecule has 6 nitrogen and oxygen atoms in total. The molecule has 35 heavy (non-hydrogen) atoms. The Balaban J connectivity index is 1.40. The van der Waals surface area contributed by atoms with E-state index in [1.807, 2.05) is 72.8 Å². The Morgan fingerprint density at radius 3 is 2.40 bits per heavy atom. The Morgan fingerprint density at radius 2 is 1.69 bits per heavy atom. The van der Waals surface area contributed by atoms with Crippen molar-refractivity contribution in [3.05, 3.63) is 95.0 Å². The molecular weight excluding hydrogens is 482 g/mol. The Labute approximate surface area is 214 Å². The normalized spacial score (nSPS) is 21.0. The van der Waals surface area contributed by atoms with Crippen LogP contribution < -0.4 is 10.7 Å². The van der Waals surface area contributed by atoms with E-state index in [2.05, 4.69) is 10.7 Å². The maximum absolute atomic E-state index is 13.5. The first-order chi connectivity index (χ1) is 17.1. The van der Waals surface area contributed by atoms with Crippen molar-refractivity contribution in [2.24, 2.45) is 0 Å². The van der Waals surface area contributed by atoms with E-state index < -0.39 is 11.3 Å². The first-order valence-electron chi connectivity index (χ1n) is 11.6. The van der Waals surface area contributed by atoms with E-state index in [1.54, 1.807) is 6.07 Å². The summed E-state index contributed by atoms with van der Waals surface area (Å²) in [6.45, 7) is 1.52. The fourth-order valence-electron chi connectivity index (χ4n) is 4.41. The van der Waals surface area contributed by atoms with Gasteiger partial charge in [0, 0.05) is 23.2 Å². The molecule has 5 rings (SSSR count). The molecule has 2 fully saturated rings. The molecule has 0 aliphatic carbocycles. The zero-order valence-electron chi connectivity index (χ0n) is 19.0. The van der Waals surface area contributed by atoms with Crippen LogP contribution in [0.2, 0.25) is 5.02 Å². The molecular formula is C27H26ClN3O3S. The number of thioether (sulfide) groups is 1. The van der Waals surface area contributed by atoms with Crippen molar-refractivity contribution in [3.8, 4) is 0 Å². The van der Waals surface area contributed by atoms with Crippen LogP contribution in [0.25, 0.3) is 0 Å². The Morgan fingerprint density at radius 1 is 0.971 bits per heavy atom. The summed E-state index contributed by atoms with van der Waals surface area (Å²) >= 11 is 7.45. The number of amides is 2. The molecule has 0 radical (unpaired) electrons. The summed E-state index contributed by atoms with van der Waals surface area (Å²) in [5.74, 6) is -0.647. The highest BCUT2D eigenvalue weighted by atomic mass is 35.5. The Bertz CT molecular complexity index is 1190. The fraction of sp³-hybridized carbons (Fsp3) is 0.259. The quantitative estimate of drug-likeness (QED) is 0.438. The van der Waals surface area contributed by atoms with Crippen molar-refractivity contribution >= 4 is 40.9 Å². The highest BCUT2D eigenvalue weighted by molar-refractivity contribution is 8.01. The lowest BCUT2D eigenvalue weighted by atomic mass is 9.97. The van der Waals surface area contributed by atoms with E-state index in [0.717, 1.165) is 36.3 Å². The van der Waals surface area contributed by atoms with Crippen LogP contribution in [-0.4, -0.2) is 41.3 Å². The average molecular weight is 508 g/mol. The van der Waals surface area contributed by atoms with Crippen LogP contribution in [0, 0.1) is 0 Å². The number of rotatable bonds is 7. The molecule has 2 N–H and O–H groups in total. The van der Waals surface area contributed by atoms with Crippen LogP contribution in [-0.2, 0) is 14.3 Å². The van der Waals surface area contributed by atoms with Gasteiger partial charge in [0.15, 0.2) is 5.25 Å². The number of hydrogen-bond donors (Lipinski definition) is 2. The molecule has 2 aliphatic rings. The van der Waals surface area contributed by atoms with Crippen molar-refractivity contribution in [3.63, 3.8) is 0 Å². The standard InChI is InChI=1S/C27H26ClN3O3S/c28-22-10-4-5-11-23(22)35-25-26(32)30-31(27(25)33)24(18-7-2-1-3-8-18)19-12-14-20(15-13-19)29-21-9-6-16-34-17-21/h1-5,7-8,10-15,21,24-25,29H,6,9,16-17H2,(H,30,32)/t21-,24?,25?/m1/s1. The predicted molar refractivity (Wildman–Crippen MR) is 138 cm³/mol. The van der Waals surface area contributed by atoms with E-state index in [1.165, 1.54) is 16.8 Å². The summed E-state index contributed by atoms with van der Waals surface area (Å²) in [5.41, 5.74) is 5.63. The van der Waals surface area contributed by atoms with Gasteiger partial charge >= 0.3 is 0 Å². The van der Waals surface area contributed by atoms with E-state index in [0.29, 0.717) is 22.6 Å². The van der Waals surface area contributed by atoms with Crippen LogP contribution in [0.5, 0.6) is 0 Å². The molecule has 3 aromatic carbocycles. The van der Waals surface area contributed by atoms with Crippen LogP contribution in [0.4, 0.5) is 5.69 Å². The van der Waals surface area contributed by atoms with Gasteiger partial charge in [-0.2, -0.15) is 0 Å². The number of nitrogens with one attached hydrogen (secondary N) is 2. The number of anilines is 1. The SMILES string of the molecule is O=C1NN(C(c2ccccc2)c2ccc(N[C@@H]3CCCOC3)cc2)C(=O)C1Sc1ccccc1Cl. The number of carbonyl (C=O) groups excluding carboxylic acids is 2. The Hall–Kier alpha value is -3.00. The molecule has 180 valence electrons. The van der Waals surface area contributed by atoms with E-state index in [4.69, 9.17) is 16.3 Å². The fourth-order valence-corrected chi connectivity index (χ4v) is 5.65. The summed E-state index contributed by atoms with van der Waals surface area (Å²) in [7, 11) is 0. The molecule has 3 aromatic rings. The van der Waals surface area contributed by atoms with Gasteiger partial charge in [-0.15, -0.1) is 11.8 Å². The molecule has 2 amide bonds. The van der Waals surface area contributed by atoms with Gasteiger partial charge in [0.2, 0.25) is 0 Å². The first-order valence-corrected chi connectivity index (χ1v) is 12.9. The van der Waals surface area contributed by atoms with Crippen LogP contribution in [0.1, 0.15) is 30.0 Å². The van der Waals surface area contributed by atoms with Gasteiger partial charge in [-0.1, -0.05) is 66.2 Å². The second-order valence-electron chi connectivity index (χ2n) is 8.61. The number of ether oxygens (including phenoxy) is 1. The first kappa shape index (κ1) is 23.7. The lowest BCUT2D eigenvalue weighted by molar-refractivity contribution is -0.131. The number of benzene rings is 3. The molecule has 0 spiro atoms. The summed E-state index contributed by atoms with van der Waals surface area (Å²) in [5, 5.41) is 4.58. The Kier molecular flexibility index (Phi) is 7.27. The van der Waals surface area contributed by atoms with Crippen molar-refractivity contribution in [1.29, 1.82) is 0 Å². The van der Waals surface area contributed by atoms with Crippen molar-refractivity contribution in [2.75, 3.05) is 18.5 Å². The highest BCUT2D eigenvalue weighted by Gasteiger charge is 2.44. The number of halogens is 1. The van der Waals surface area contributed by atoms with E-state index >= 15 is 0 Å². The molecule has 2 heterocycles. The van der Waals surface area contributed by atoms with Crippen molar-refractivity contribution in [2.45, 2.75) is 35.1 Å². The lowest BCUT2D eigenvalue weighted by Gasteiger charge is -2.29. The third-order valence-corrected chi connectivity index (χ3v) is 7.85. The number of carbonyl (C=O) groups is 2. The predicted octanol–water partition coefficient (Wildman–Crippen LogP) is 5.05. The minimum Gasteiger partial charge on any atom is -0.380 e. The van der Waals surface area contributed by atoms with Crippen LogP contribution in [0.15, 0.2) is 83.8 Å². The summed E-state index contributed by atoms with van der Waals surface area (Å²) in [6.07, 6.45) is 2.13. The molecule has 3 atom stereocenters. The molecule has 0 bridgehead atoms. The summed E-state index contributed by atoms with van der Waals surface area (Å²) in [6, 6.07) is 24.8. The molecule has 0 saturated carbocycles.